The fourth-order valence-corrected chi connectivity index (χ4v) is 3.42. The van der Waals surface area contributed by atoms with Gasteiger partial charge in [0.2, 0.25) is 10.0 Å². The minimum Gasteiger partial charge on any atom is -0.465 e. The van der Waals surface area contributed by atoms with Crippen molar-refractivity contribution in [2.75, 3.05) is 13.2 Å². The highest BCUT2D eigenvalue weighted by Crippen LogP contribution is 2.23. The van der Waals surface area contributed by atoms with Gasteiger partial charge in [0, 0.05) is 6.54 Å². The highest BCUT2D eigenvalue weighted by molar-refractivity contribution is 7.90. The normalized spacial score (nSPS) is 23.1. The number of nitriles is 1. The number of rotatable bonds is 4. The molecule has 6 nitrogen and oxygen atoms in total. The fraction of sp³-hybridized carbons (Fsp3) is 0.818. The Balaban J connectivity index is 2.97. The van der Waals surface area contributed by atoms with Gasteiger partial charge in [-0.15, -0.1) is 0 Å². The Morgan fingerprint density at radius 2 is 2.22 bits per heavy atom. The van der Waals surface area contributed by atoms with Crippen LogP contribution in [0, 0.1) is 11.3 Å². The van der Waals surface area contributed by atoms with Crippen LogP contribution in [0.3, 0.4) is 0 Å². The Kier molecular flexibility index (Phi) is 5.11. The molecule has 2 atom stereocenters. The first-order valence-electron chi connectivity index (χ1n) is 6.02. The summed E-state index contributed by atoms with van der Waals surface area (Å²) in [6.07, 6.45) is 1.94. The smallest absolute Gasteiger partial charge is 0.324 e. The molecule has 0 radical (unpaired) electrons. The minimum absolute atomic E-state index is 0.219. The molecule has 0 saturated carbocycles. The molecule has 0 aromatic rings. The van der Waals surface area contributed by atoms with Crippen molar-refractivity contribution in [1.82, 2.24) is 4.31 Å². The molecule has 7 heteroatoms. The largest absolute Gasteiger partial charge is 0.465 e. The Morgan fingerprint density at radius 1 is 1.56 bits per heavy atom. The average molecular weight is 274 g/mol. The fourth-order valence-electron chi connectivity index (χ4n) is 1.95. The molecular weight excluding hydrogens is 256 g/mol. The number of sulfonamides is 1. The SMILES string of the molecule is CCOC(=O)C1CCCCN1S(=O)(=O)C(C)C#N. The number of hydrogen-bond acceptors (Lipinski definition) is 5. The number of nitrogens with zero attached hydrogens (tertiary/aromatic N) is 2. The van der Waals surface area contributed by atoms with Crippen LogP contribution in [-0.4, -0.2) is 43.1 Å². The monoisotopic (exact) mass is 274 g/mol. The lowest BCUT2D eigenvalue weighted by Gasteiger charge is -2.33. The van der Waals surface area contributed by atoms with Gasteiger partial charge in [0.1, 0.15) is 6.04 Å². The van der Waals surface area contributed by atoms with Gasteiger partial charge < -0.3 is 4.74 Å². The highest BCUT2D eigenvalue weighted by atomic mass is 32.2. The van der Waals surface area contributed by atoms with E-state index in [1.807, 2.05) is 0 Å². The molecule has 0 bridgehead atoms. The van der Waals surface area contributed by atoms with Gasteiger partial charge in [0.25, 0.3) is 0 Å². The Hall–Kier alpha value is -1.13. The van der Waals surface area contributed by atoms with Crippen molar-refractivity contribution in [2.45, 2.75) is 44.4 Å². The lowest BCUT2D eigenvalue weighted by Crippen LogP contribution is -2.50. The van der Waals surface area contributed by atoms with Gasteiger partial charge in [-0.2, -0.15) is 9.57 Å². The summed E-state index contributed by atoms with van der Waals surface area (Å²) >= 11 is 0. The van der Waals surface area contributed by atoms with Crippen LogP contribution in [0.5, 0.6) is 0 Å². The lowest BCUT2D eigenvalue weighted by atomic mass is 10.1. The summed E-state index contributed by atoms with van der Waals surface area (Å²) in [6, 6.07) is 0.934. The number of piperidine rings is 1. The van der Waals surface area contributed by atoms with Gasteiger partial charge in [-0.1, -0.05) is 0 Å². The summed E-state index contributed by atoms with van der Waals surface area (Å²) in [6.45, 7) is 3.50. The average Bonchev–Trinajstić information content (AvgIpc) is 2.38. The van der Waals surface area contributed by atoms with Crippen molar-refractivity contribution in [1.29, 1.82) is 5.26 Å². The highest BCUT2D eigenvalue weighted by Gasteiger charge is 2.40. The molecule has 0 spiro atoms. The van der Waals surface area contributed by atoms with E-state index in [0.717, 1.165) is 10.7 Å². The van der Waals surface area contributed by atoms with Crippen molar-refractivity contribution in [2.24, 2.45) is 0 Å². The van der Waals surface area contributed by atoms with E-state index < -0.39 is 27.3 Å². The van der Waals surface area contributed by atoms with Gasteiger partial charge in [0.15, 0.2) is 5.25 Å². The molecule has 1 fully saturated rings. The van der Waals surface area contributed by atoms with Crippen LogP contribution in [0.15, 0.2) is 0 Å². The van der Waals surface area contributed by atoms with E-state index in [9.17, 15) is 13.2 Å². The molecule has 1 heterocycles. The number of carbonyl (C=O) groups is 1. The van der Waals surface area contributed by atoms with E-state index >= 15 is 0 Å². The van der Waals surface area contributed by atoms with Crippen molar-refractivity contribution < 1.29 is 17.9 Å². The number of ether oxygens (including phenoxy) is 1. The third-order valence-corrected chi connectivity index (χ3v) is 5.06. The summed E-state index contributed by atoms with van der Waals surface area (Å²) in [5.41, 5.74) is 0. The van der Waals surface area contributed by atoms with E-state index in [0.29, 0.717) is 12.8 Å². The molecule has 1 aliphatic rings. The molecule has 0 aromatic heterocycles. The molecule has 0 aromatic carbocycles. The molecule has 102 valence electrons. The maximum absolute atomic E-state index is 12.1. The number of esters is 1. The molecular formula is C11H18N2O4S. The second kappa shape index (κ2) is 6.16. The topological polar surface area (TPSA) is 87.5 Å². The number of carbonyl (C=O) groups excluding carboxylic acids is 1. The summed E-state index contributed by atoms with van der Waals surface area (Å²) < 4.78 is 30.3. The zero-order valence-corrected chi connectivity index (χ0v) is 11.4. The maximum Gasteiger partial charge on any atom is 0.324 e. The van der Waals surface area contributed by atoms with E-state index in [-0.39, 0.29) is 13.2 Å². The summed E-state index contributed by atoms with van der Waals surface area (Å²) in [5, 5.41) is 7.61. The third-order valence-electron chi connectivity index (χ3n) is 2.97. The van der Waals surface area contributed by atoms with Gasteiger partial charge >= 0.3 is 5.97 Å². The Labute approximate surface area is 108 Å². The lowest BCUT2D eigenvalue weighted by molar-refractivity contribution is -0.148. The van der Waals surface area contributed by atoms with E-state index in [1.54, 1.807) is 13.0 Å². The first kappa shape index (κ1) is 14.9. The third kappa shape index (κ3) is 3.00. The predicted molar refractivity (Wildman–Crippen MR) is 65.0 cm³/mol. The number of hydrogen-bond donors (Lipinski definition) is 0. The molecule has 0 amide bonds. The van der Waals surface area contributed by atoms with Crippen LogP contribution < -0.4 is 0 Å². The van der Waals surface area contributed by atoms with Gasteiger partial charge in [-0.25, -0.2) is 8.42 Å². The molecule has 18 heavy (non-hydrogen) atoms. The second-order valence-electron chi connectivity index (χ2n) is 4.19. The van der Waals surface area contributed by atoms with Crippen LogP contribution in [-0.2, 0) is 19.6 Å². The minimum atomic E-state index is -3.75. The molecule has 1 rings (SSSR count). The second-order valence-corrected chi connectivity index (χ2v) is 6.40. The van der Waals surface area contributed by atoms with Crippen LogP contribution >= 0.6 is 0 Å². The van der Waals surface area contributed by atoms with E-state index in [2.05, 4.69) is 0 Å². The maximum atomic E-state index is 12.1. The summed E-state index contributed by atoms with van der Waals surface area (Å²) in [4.78, 5) is 11.8. The summed E-state index contributed by atoms with van der Waals surface area (Å²) in [5.74, 6) is -0.522. The quantitative estimate of drug-likeness (QED) is 0.702. The molecule has 0 N–H and O–H groups in total. The van der Waals surface area contributed by atoms with Crippen molar-refractivity contribution in [3.05, 3.63) is 0 Å². The van der Waals surface area contributed by atoms with Gasteiger partial charge in [-0.3, -0.25) is 4.79 Å². The van der Waals surface area contributed by atoms with Crippen molar-refractivity contribution in [3.63, 3.8) is 0 Å². The predicted octanol–water partition coefficient (Wildman–Crippen LogP) is 0.646. The van der Waals surface area contributed by atoms with Crippen LogP contribution in [0.2, 0.25) is 0 Å². The van der Waals surface area contributed by atoms with Crippen molar-refractivity contribution >= 4 is 16.0 Å². The molecule has 1 saturated heterocycles. The zero-order chi connectivity index (χ0) is 13.8. The Bertz CT molecular complexity index is 440. The van der Waals surface area contributed by atoms with E-state index in [4.69, 9.17) is 10.00 Å². The molecule has 2 unspecified atom stereocenters. The van der Waals surface area contributed by atoms with Crippen LogP contribution in [0.25, 0.3) is 0 Å². The zero-order valence-electron chi connectivity index (χ0n) is 10.6. The van der Waals surface area contributed by atoms with Crippen LogP contribution in [0.4, 0.5) is 0 Å². The summed E-state index contributed by atoms with van der Waals surface area (Å²) in [7, 11) is -3.75. The van der Waals surface area contributed by atoms with Crippen LogP contribution in [0.1, 0.15) is 33.1 Å². The van der Waals surface area contributed by atoms with E-state index in [1.165, 1.54) is 6.92 Å². The first-order valence-corrected chi connectivity index (χ1v) is 7.52. The van der Waals surface area contributed by atoms with Gasteiger partial charge in [-0.05, 0) is 33.1 Å². The van der Waals surface area contributed by atoms with Gasteiger partial charge in [0.05, 0.1) is 12.7 Å². The van der Waals surface area contributed by atoms with Crippen molar-refractivity contribution in [3.8, 4) is 6.07 Å². The molecule has 1 aliphatic heterocycles. The molecule has 0 aliphatic carbocycles. The standard InChI is InChI=1S/C11H18N2O4S/c1-3-17-11(14)10-6-4-5-7-13(10)18(15,16)9(2)8-12/h9-10H,3-7H2,1-2H3. The first-order chi connectivity index (χ1) is 8.45. The Morgan fingerprint density at radius 3 is 2.78 bits per heavy atom.